The van der Waals surface area contributed by atoms with Gasteiger partial charge in [-0.25, -0.2) is 0 Å². The summed E-state index contributed by atoms with van der Waals surface area (Å²) in [4.78, 5) is 15.7. The summed E-state index contributed by atoms with van der Waals surface area (Å²) in [5.74, 6) is 0.00209. The Kier molecular flexibility index (Phi) is 4.38. The Morgan fingerprint density at radius 3 is 2.67 bits per heavy atom. The average molecular weight is 356 g/mol. The first-order valence-corrected chi connectivity index (χ1v) is 8.95. The predicted octanol–water partition coefficient (Wildman–Crippen LogP) is 5.24. The van der Waals surface area contributed by atoms with E-state index >= 15 is 0 Å². The van der Waals surface area contributed by atoms with Crippen molar-refractivity contribution in [2.75, 3.05) is 5.32 Å². The number of aromatic nitrogens is 1. The monoisotopic (exact) mass is 356 g/mol. The summed E-state index contributed by atoms with van der Waals surface area (Å²) in [5.41, 5.74) is 5.04. The van der Waals surface area contributed by atoms with Gasteiger partial charge in [0.1, 0.15) is 5.75 Å². The number of aromatic amines is 1. The maximum Gasteiger partial charge on any atom is 0.248 e. The van der Waals surface area contributed by atoms with Crippen LogP contribution in [-0.2, 0) is 11.2 Å². The molecule has 1 aromatic heterocycles. The molecule has 0 fully saturated rings. The van der Waals surface area contributed by atoms with Crippen LogP contribution in [0.5, 0.6) is 5.75 Å². The zero-order valence-corrected chi connectivity index (χ0v) is 15.0. The highest BCUT2D eigenvalue weighted by atomic mass is 16.3. The van der Waals surface area contributed by atoms with E-state index in [0.717, 1.165) is 34.1 Å². The number of aryl methyl sites for hydroxylation is 1. The number of hydrogen-bond acceptors (Lipinski definition) is 2. The van der Waals surface area contributed by atoms with Crippen LogP contribution in [0.2, 0.25) is 0 Å². The van der Waals surface area contributed by atoms with Crippen LogP contribution >= 0.6 is 0 Å². The van der Waals surface area contributed by atoms with E-state index in [1.165, 1.54) is 17.0 Å². The molecule has 0 aliphatic rings. The zero-order valence-electron chi connectivity index (χ0n) is 15.0. The molecule has 4 nitrogen and oxygen atoms in total. The molecule has 0 saturated heterocycles. The Bertz CT molecular complexity index is 1150. The molecule has 0 aliphatic carbocycles. The van der Waals surface area contributed by atoms with Gasteiger partial charge in [0.25, 0.3) is 0 Å². The maximum absolute atomic E-state index is 12.2. The molecule has 134 valence electrons. The van der Waals surface area contributed by atoms with Gasteiger partial charge in [-0.3, -0.25) is 4.79 Å². The molecule has 3 aromatic carbocycles. The van der Waals surface area contributed by atoms with Crippen LogP contribution in [0.1, 0.15) is 18.1 Å². The van der Waals surface area contributed by atoms with Crippen LogP contribution in [0.3, 0.4) is 0 Å². The van der Waals surface area contributed by atoms with Crippen LogP contribution in [-0.4, -0.2) is 16.0 Å². The van der Waals surface area contributed by atoms with Gasteiger partial charge in [-0.05, 0) is 47.9 Å². The summed E-state index contributed by atoms with van der Waals surface area (Å²) in [5, 5.41) is 14.5. The van der Waals surface area contributed by atoms with E-state index in [9.17, 15) is 9.90 Å². The number of carbonyl (C=O) groups excluding carboxylic acids is 1. The van der Waals surface area contributed by atoms with E-state index in [0.29, 0.717) is 0 Å². The minimum atomic E-state index is -0.201. The second-order valence-corrected chi connectivity index (χ2v) is 6.49. The van der Waals surface area contributed by atoms with Crippen LogP contribution in [0.4, 0.5) is 5.69 Å². The Labute approximate surface area is 157 Å². The summed E-state index contributed by atoms with van der Waals surface area (Å²) < 4.78 is 0. The Morgan fingerprint density at radius 2 is 1.89 bits per heavy atom. The highest BCUT2D eigenvalue weighted by Crippen LogP contribution is 2.29. The van der Waals surface area contributed by atoms with Gasteiger partial charge in [-0.2, -0.15) is 0 Å². The number of amides is 1. The van der Waals surface area contributed by atoms with E-state index < -0.39 is 0 Å². The van der Waals surface area contributed by atoms with Gasteiger partial charge in [0, 0.05) is 33.6 Å². The van der Waals surface area contributed by atoms with E-state index in [1.807, 2.05) is 18.2 Å². The molecular weight excluding hydrogens is 336 g/mol. The van der Waals surface area contributed by atoms with Crippen molar-refractivity contribution < 1.29 is 9.90 Å². The van der Waals surface area contributed by atoms with Gasteiger partial charge in [0.15, 0.2) is 0 Å². The van der Waals surface area contributed by atoms with E-state index in [4.69, 9.17) is 0 Å². The lowest BCUT2D eigenvalue weighted by atomic mass is 10.1. The topological polar surface area (TPSA) is 65.1 Å². The molecule has 27 heavy (non-hydrogen) atoms. The molecule has 4 aromatic rings. The first-order chi connectivity index (χ1) is 13.1. The van der Waals surface area contributed by atoms with Crippen molar-refractivity contribution in [2.45, 2.75) is 13.3 Å². The standard InChI is InChI=1S/C23H20N2O2/c1-2-16-4-3-5-20-19-12-9-17(14-21(19)25-23(16)20)24-22(27)13-8-15-6-10-18(26)11-7-15/h3-14,25-26H,2H2,1H3,(H,24,27)/b13-8+. The molecule has 4 heteroatoms. The normalized spacial score (nSPS) is 11.4. The highest BCUT2D eigenvalue weighted by molar-refractivity contribution is 6.10. The number of H-pyrrole nitrogens is 1. The maximum atomic E-state index is 12.2. The van der Waals surface area contributed by atoms with Crippen LogP contribution in [0.15, 0.2) is 66.7 Å². The molecule has 0 atom stereocenters. The van der Waals surface area contributed by atoms with Crippen molar-refractivity contribution in [3.63, 3.8) is 0 Å². The molecule has 0 spiro atoms. The Hall–Kier alpha value is -3.53. The molecule has 0 unspecified atom stereocenters. The van der Waals surface area contributed by atoms with Crippen LogP contribution in [0.25, 0.3) is 27.9 Å². The largest absolute Gasteiger partial charge is 0.508 e. The fraction of sp³-hybridized carbons (Fsp3) is 0.0870. The fourth-order valence-electron chi connectivity index (χ4n) is 3.30. The molecule has 1 heterocycles. The first-order valence-electron chi connectivity index (χ1n) is 8.95. The lowest BCUT2D eigenvalue weighted by Gasteiger charge is -2.02. The van der Waals surface area contributed by atoms with E-state index in [1.54, 1.807) is 30.3 Å². The number of aromatic hydroxyl groups is 1. The summed E-state index contributed by atoms with van der Waals surface area (Å²) in [6, 6.07) is 18.9. The number of rotatable bonds is 4. The second-order valence-electron chi connectivity index (χ2n) is 6.49. The number of nitrogens with one attached hydrogen (secondary N) is 2. The van der Waals surface area contributed by atoms with Crippen molar-refractivity contribution in [3.05, 3.63) is 77.9 Å². The molecular formula is C23H20N2O2. The van der Waals surface area contributed by atoms with Crippen molar-refractivity contribution >= 4 is 39.5 Å². The second kappa shape index (κ2) is 7.00. The van der Waals surface area contributed by atoms with E-state index in [2.05, 4.69) is 35.4 Å². The predicted molar refractivity (Wildman–Crippen MR) is 111 cm³/mol. The molecule has 3 N–H and O–H groups in total. The number of anilines is 1. The van der Waals surface area contributed by atoms with Gasteiger partial charge >= 0.3 is 0 Å². The molecule has 0 radical (unpaired) electrons. The van der Waals surface area contributed by atoms with Crippen molar-refractivity contribution in [3.8, 4) is 5.75 Å². The third kappa shape index (κ3) is 3.42. The SMILES string of the molecule is CCc1cccc2c1[nH]c1cc(NC(=O)/C=C/c3ccc(O)cc3)ccc12. The summed E-state index contributed by atoms with van der Waals surface area (Å²) in [6.07, 6.45) is 4.16. The minimum Gasteiger partial charge on any atom is -0.508 e. The Morgan fingerprint density at radius 1 is 1.07 bits per heavy atom. The molecule has 0 saturated carbocycles. The van der Waals surface area contributed by atoms with Gasteiger partial charge < -0.3 is 15.4 Å². The molecule has 0 bridgehead atoms. The van der Waals surface area contributed by atoms with Gasteiger partial charge in [-0.1, -0.05) is 43.3 Å². The van der Waals surface area contributed by atoms with Crippen molar-refractivity contribution in [1.29, 1.82) is 0 Å². The van der Waals surface area contributed by atoms with Gasteiger partial charge in [-0.15, -0.1) is 0 Å². The minimum absolute atomic E-state index is 0.201. The fourth-order valence-corrected chi connectivity index (χ4v) is 3.30. The summed E-state index contributed by atoms with van der Waals surface area (Å²) in [6.45, 7) is 2.15. The third-order valence-electron chi connectivity index (χ3n) is 4.69. The van der Waals surface area contributed by atoms with Gasteiger partial charge in [0.2, 0.25) is 5.91 Å². The number of hydrogen-bond donors (Lipinski definition) is 3. The Balaban J connectivity index is 1.57. The van der Waals surface area contributed by atoms with Gasteiger partial charge in [0.05, 0.1) is 0 Å². The molecule has 4 rings (SSSR count). The number of phenolic OH excluding ortho intramolecular Hbond substituents is 1. The smallest absolute Gasteiger partial charge is 0.248 e. The summed E-state index contributed by atoms with van der Waals surface area (Å²) >= 11 is 0. The highest BCUT2D eigenvalue weighted by Gasteiger charge is 2.08. The third-order valence-corrected chi connectivity index (χ3v) is 4.69. The summed E-state index contributed by atoms with van der Waals surface area (Å²) in [7, 11) is 0. The quantitative estimate of drug-likeness (QED) is 0.438. The first kappa shape index (κ1) is 16.9. The molecule has 1 amide bonds. The van der Waals surface area contributed by atoms with E-state index in [-0.39, 0.29) is 11.7 Å². The van der Waals surface area contributed by atoms with Crippen molar-refractivity contribution in [2.24, 2.45) is 0 Å². The van der Waals surface area contributed by atoms with Crippen LogP contribution < -0.4 is 5.32 Å². The lowest BCUT2D eigenvalue weighted by Crippen LogP contribution is -2.07. The zero-order chi connectivity index (χ0) is 18.8. The number of phenols is 1. The molecule has 0 aliphatic heterocycles. The number of fused-ring (bicyclic) bond motifs is 3. The van der Waals surface area contributed by atoms with Crippen molar-refractivity contribution in [1.82, 2.24) is 4.98 Å². The number of carbonyl (C=O) groups is 1. The number of benzene rings is 3. The average Bonchev–Trinajstić information content (AvgIpc) is 3.05. The van der Waals surface area contributed by atoms with Crippen LogP contribution in [0, 0.1) is 0 Å². The lowest BCUT2D eigenvalue weighted by molar-refractivity contribution is -0.111. The number of para-hydroxylation sites is 1.